The van der Waals surface area contributed by atoms with E-state index in [4.69, 9.17) is 9.97 Å². The fourth-order valence-corrected chi connectivity index (χ4v) is 7.52. The summed E-state index contributed by atoms with van der Waals surface area (Å²) in [6.07, 6.45) is 0. The van der Waals surface area contributed by atoms with Gasteiger partial charge in [0.15, 0.2) is 5.82 Å². The predicted octanol–water partition coefficient (Wildman–Crippen LogP) is 10.9. The Kier molecular flexibility index (Phi) is 5.68. The smallest absolute Gasteiger partial charge is 0.160 e. The molecule has 3 aromatic heterocycles. The lowest BCUT2D eigenvalue weighted by molar-refractivity contribution is 1.16. The number of hydrogen-bond acceptors (Lipinski definition) is 3. The van der Waals surface area contributed by atoms with E-state index in [1.54, 1.807) is 0 Å². The highest BCUT2D eigenvalue weighted by Crippen LogP contribution is 2.43. The van der Waals surface area contributed by atoms with Gasteiger partial charge in [-0.3, -0.25) is 0 Å². The van der Waals surface area contributed by atoms with Gasteiger partial charge >= 0.3 is 0 Å². The molecule has 0 aliphatic rings. The summed E-state index contributed by atoms with van der Waals surface area (Å²) < 4.78 is 5.03. The van der Waals surface area contributed by atoms with Crippen molar-refractivity contribution in [3.05, 3.63) is 152 Å². The van der Waals surface area contributed by atoms with Crippen molar-refractivity contribution >= 4 is 53.3 Å². The average molecular weight is 580 g/mol. The Balaban J connectivity index is 1.31. The standard InChI is InChI=1S/C40H25N3S/c1-3-12-26(13-4-1)33-25-34(27-14-5-2-6-15-27)42-40(41-33)28-16-11-17-29(24-28)43-35-20-9-7-18-30(35)31-22-23-37-38(39(31)43)32-19-8-10-21-36(32)44-37/h1-25H. The van der Waals surface area contributed by atoms with Crippen LogP contribution in [0.4, 0.5) is 0 Å². The molecule has 9 rings (SSSR count). The fraction of sp³-hybridized carbons (Fsp3) is 0. The number of thiophene rings is 1. The number of rotatable bonds is 4. The van der Waals surface area contributed by atoms with Crippen LogP contribution >= 0.6 is 11.3 Å². The lowest BCUT2D eigenvalue weighted by Gasteiger charge is -2.12. The van der Waals surface area contributed by atoms with Crippen LogP contribution in [0.3, 0.4) is 0 Å². The Labute approximate surface area is 258 Å². The minimum atomic E-state index is 0.707. The molecule has 0 spiro atoms. The third-order valence-electron chi connectivity index (χ3n) is 8.40. The van der Waals surface area contributed by atoms with Crippen molar-refractivity contribution in [3.63, 3.8) is 0 Å². The third-order valence-corrected chi connectivity index (χ3v) is 9.54. The zero-order valence-corrected chi connectivity index (χ0v) is 24.5. The second-order valence-corrected chi connectivity index (χ2v) is 12.1. The number of hydrogen-bond donors (Lipinski definition) is 0. The molecule has 0 N–H and O–H groups in total. The molecule has 0 atom stereocenters. The maximum absolute atomic E-state index is 5.11. The lowest BCUT2D eigenvalue weighted by atomic mass is 10.1. The zero-order valence-electron chi connectivity index (χ0n) is 23.7. The highest BCUT2D eigenvalue weighted by Gasteiger charge is 2.19. The van der Waals surface area contributed by atoms with E-state index in [-0.39, 0.29) is 0 Å². The summed E-state index contributed by atoms with van der Waals surface area (Å²) in [5, 5.41) is 5.11. The molecule has 0 saturated heterocycles. The van der Waals surface area contributed by atoms with E-state index in [1.807, 2.05) is 23.5 Å². The maximum Gasteiger partial charge on any atom is 0.160 e. The van der Waals surface area contributed by atoms with Crippen LogP contribution in [-0.4, -0.2) is 14.5 Å². The van der Waals surface area contributed by atoms with Crippen molar-refractivity contribution in [2.45, 2.75) is 0 Å². The van der Waals surface area contributed by atoms with Gasteiger partial charge in [0.25, 0.3) is 0 Å². The van der Waals surface area contributed by atoms with Crippen molar-refractivity contribution in [1.82, 2.24) is 14.5 Å². The number of benzene rings is 6. The number of para-hydroxylation sites is 1. The van der Waals surface area contributed by atoms with Crippen LogP contribution in [-0.2, 0) is 0 Å². The molecule has 206 valence electrons. The summed E-state index contributed by atoms with van der Waals surface area (Å²) in [6, 6.07) is 53.5. The second-order valence-electron chi connectivity index (χ2n) is 11.0. The monoisotopic (exact) mass is 579 g/mol. The van der Waals surface area contributed by atoms with Gasteiger partial charge in [-0.1, -0.05) is 115 Å². The maximum atomic E-state index is 5.11. The molecule has 0 fully saturated rings. The Hall–Kier alpha value is -5.58. The van der Waals surface area contributed by atoms with Gasteiger partial charge in [-0.2, -0.15) is 0 Å². The molecular formula is C40H25N3S. The highest BCUT2D eigenvalue weighted by molar-refractivity contribution is 7.26. The number of nitrogens with zero attached hydrogens (tertiary/aromatic N) is 3. The fourth-order valence-electron chi connectivity index (χ4n) is 6.41. The molecule has 0 aliphatic heterocycles. The molecule has 44 heavy (non-hydrogen) atoms. The van der Waals surface area contributed by atoms with Gasteiger partial charge in [-0.15, -0.1) is 11.3 Å². The molecule has 0 saturated carbocycles. The van der Waals surface area contributed by atoms with Crippen LogP contribution in [0.2, 0.25) is 0 Å². The molecule has 0 radical (unpaired) electrons. The van der Waals surface area contributed by atoms with E-state index in [0.717, 1.165) is 33.8 Å². The average Bonchev–Trinajstić information content (AvgIpc) is 3.65. The summed E-state index contributed by atoms with van der Waals surface area (Å²) >= 11 is 1.86. The Morgan fingerprint density at radius 2 is 1.09 bits per heavy atom. The topological polar surface area (TPSA) is 30.7 Å². The molecule has 0 aliphatic carbocycles. The highest BCUT2D eigenvalue weighted by atomic mass is 32.1. The third kappa shape index (κ3) is 3.96. The summed E-state index contributed by atoms with van der Waals surface area (Å²) in [5.74, 6) is 0.707. The van der Waals surface area contributed by atoms with Gasteiger partial charge in [0, 0.05) is 53.3 Å². The van der Waals surface area contributed by atoms with Gasteiger partial charge < -0.3 is 4.57 Å². The number of aromatic nitrogens is 3. The van der Waals surface area contributed by atoms with Crippen LogP contribution in [0.1, 0.15) is 0 Å². The first-order valence-electron chi connectivity index (χ1n) is 14.8. The van der Waals surface area contributed by atoms with E-state index < -0.39 is 0 Å². The first-order valence-corrected chi connectivity index (χ1v) is 15.6. The quantitative estimate of drug-likeness (QED) is 0.208. The van der Waals surface area contributed by atoms with Crippen LogP contribution in [0.5, 0.6) is 0 Å². The SMILES string of the molecule is c1ccc(-c2cc(-c3ccccc3)nc(-c3cccc(-n4c5ccccc5c5ccc6sc7ccccc7c6c54)c3)n2)cc1. The lowest BCUT2D eigenvalue weighted by Crippen LogP contribution is -1.98. The summed E-state index contributed by atoms with van der Waals surface area (Å²) in [4.78, 5) is 10.2. The van der Waals surface area contributed by atoms with Crippen molar-refractivity contribution in [1.29, 1.82) is 0 Å². The normalized spacial score (nSPS) is 11.6. The van der Waals surface area contributed by atoms with Crippen LogP contribution < -0.4 is 0 Å². The van der Waals surface area contributed by atoms with Crippen molar-refractivity contribution in [3.8, 4) is 39.6 Å². The van der Waals surface area contributed by atoms with E-state index in [0.29, 0.717) is 5.82 Å². The van der Waals surface area contributed by atoms with E-state index in [9.17, 15) is 0 Å². The molecule has 0 amide bonds. The molecule has 0 unspecified atom stereocenters. The second kappa shape index (κ2) is 10.0. The summed E-state index contributed by atoms with van der Waals surface area (Å²) in [7, 11) is 0. The number of fused-ring (bicyclic) bond motifs is 7. The van der Waals surface area contributed by atoms with Crippen molar-refractivity contribution in [2.75, 3.05) is 0 Å². The van der Waals surface area contributed by atoms with Gasteiger partial charge in [0.2, 0.25) is 0 Å². The molecule has 3 nitrogen and oxygen atoms in total. The Morgan fingerprint density at radius 1 is 0.455 bits per heavy atom. The molecule has 0 bridgehead atoms. The largest absolute Gasteiger partial charge is 0.309 e. The molecular weight excluding hydrogens is 555 g/mol. The Morgan fingerprint density at radius 3 is 1.84 bits per heavy atom. The van der Waals surface area contributed by atoms with E-state index in [2.05, 4.69) is 144 Å². The summed E-state index contributed by atoms with van der Waals surface area (Å²) in [6.45, 7) is 0. The summed E-state index contributed by atoms with van der Waals surface area (Å²) in [5.41, 5.74) is 8.44. The van der Waals surface area contributed by atoms with Gasteiger partial charge in [0.1, 0.15) is 0 Å². The zero-order chi connectivity index (χ0) is 29.0. The molecule has 4 heteroatoms. The van der Waals surface area contributed by atoms with Crippen molar-refractivity contribution < 1.29 is 0 Å². The van der Waals surface area contributed by atoms with Gasteiger partial charge in [-0.25, -0.2) is 9.97 Å². The van der Waals surface area contributed by atoms with Crippen LogP contribution in [0, 0.1) is 0 Å². The van der Waals surface area contributed by atoms with Gasteiger partial charge in [-0.05, 0) is 36.4 Å². The van der Waals surface area contributed by atoms with E-state index >= 15 is 0 Å². The van der Waals surface area contributed by atoms with Crippen LogP contribution in [0.15, 0.2) is 152 Å². The van der Waals surface area contributed by atoms with Gasteiger partial charge in [0.05, 0.1) is 22.4 Å². The minimum Gasteiger partial charge on any atom is -0.309 e. The predicted molar refractivity (Wildman–Crippen MR) is 186 cm³/mol. The minimum absolute atomic E-state index is 0.707. The molecule has 9 aromatic rings. The van der Waals surface area contributed by atoms with E-state index in [1.165, 1.54) is 42.0 Å². The first-order chi connectivity index (χ1) is 21.8. The Bertz CT molecular complexity index is 2430. The molecule has 6 aromatic carbocycles. The molecule has 3 heterocycles. The van der Waals surface area contributed by atoms with Crippen molar-refractivity contribution in [2.24, 2.45) is 0 Å². The first kappa shape index (κ1) is 25.0. The van der Waals surface area contributed by atoms with Crippen LogP contribution in [0.25, 0.3) is 81.6 Å².